The monoisotopic (exact) mass is 265 g/mol. The molecule has 98 valence electrons. The van der Waals surface area contributed by atoms with Crippen molar-refractivity contribution in [1.82, 2.24) is 4.90 Å². The van der Waals surface area contributed by atoms with Gasteiger partial charge < -0.3 is 9.64 Å². The van der Waals surface area contributed by atoms with Crippen LogP contribution in [-0.4, -0.2) is 42.4 Å². The van der Waals surface area contributed by atoms with Crippen LogP contribution in [0.4, 0.5) is 0 Å². The molecular weight excluding hydrogens is 246 g/mol. The predicted molar refractivity (Wildman–Crippen MR) is 74.2 cm³/mol. The Hall–Kier alpha value is -1.00. The van der Waals surface area contributed by atoms with Gasteiger partial charge in [0.05, 0.1) is 18.8 Å². The molecule has 1 amide bonds. The van der Waals surface area contributed by atoms with Crippen molar-refractivity contribution in [2.45, 2.75) is 24.0 Å². The van der Waals surface area contributed by atoms with Gasteiger partial charge in [-0.3, -0.25) is 4.79 Å². The fourth-order valence-corrected chi connectivity index (χ4v) is 2.88. The summed E-state index contributed by atoms with van der Waals surface area (Å²) in [4.78, 5) is 15.4. The highest BCUT2D eigenvalue weighted by molar-refractivity contribution is 8.00. The number of morpholine rings is 1. The lowest BCUT2D eigenvalue weighted by atomic mass is 10.2. The zero-order chi connectivity index (χ0) is 13.0. The Morgan fingerprint density at radius 2 is 1.94 bits per heavy atom. The molecule has 3 nitrogen and oxygen atoms in total. The third kappa shape index (κ3) is 3.27. The van der Waals surface area contributed by atoms with Gasteiger partial charge in [-0.2, -0.15) is 0 Å². The van der Waals surface area contributed by atoms with E-state index >= 15 is 0 Å². The first-order valence-corrected chi connectivity index (χ1v) is 7.19. The van der Waals surface area contributed by atoms with E-state index in [-0.39, 0.29) is 5.91 Å². The lowest BCUT2D eigenvalue weighted by Crippen LogP contribution is -2.40. The molecule has 0 bridgehead atoms. The van der Waals surface area contributed by atoms with Crippen LogP contribution < -0.4 is 0 Å². The lowest BCUT2D eigenvalue weighted by Gasteiger charge is -2.27. The summed E-state index contributed by atoms with van der Waals surface area (Å²) in [6, 6.07) is 7.86. The molecule has 1 aliphatic heterocycles. The van der Waals surface area contributed by atoms with Gasteiger partial charge in [0.25, 0.3) is 5.91 Å². The van der Waals surface area contributed by atoms with E-state index in [1.807, 2.05) is 29.2 Å². The first-order valence-electron chi connectivity index (χ1n) is 6.31. The van der Waals surface area contributed by atoms with Gasteiger partial charge in [0.15, 0.2) is 0 Å². The molecule has 1 aromatic carbocycles. The number of ether oxygens (including phenoxy) is 1. The highest BCUT2D eigenvalue weighted by atomic mass is 32.2. The number of hydrogen-bond donors (Lipinski definition) is 0. The Morgan fingerprint density at radius 3 is 2.61 bits per heavy atom. The Balaban J connectivity index is 2.18. The zero-order valence-electron chi connectivity index (χ0n) is 10.9. The van der Waals surface area contributed by atoms with Gasteiger partial charge in [0, 0.05) is 23.2 Å². The second-order valence-electron chi connectivity index (χ2n) is 4.57. The quantitative estimate of drug-likeness (QED) is 0.787. The molecule has 0 saturated carbocycles. The normalized spacial score (nSPS) is 16.1. The van der Waals surface area contributed by atoms with Crippen LogP contribution in [0.3, 0.4) is 0 Å². The average molecular weight is 265 g/mol. The van der Waals surface area contributed by atoms with E-state index in [9.17, 15) is 4.79 Å². The molecule has 0 radical (unpaired) electrons. The third-order valence-electron chi connectivity index (χ3n) is 2.78. The van der Waals surface area contributed by atoms with Crippen molar-refractivity contribution in [3.8, 4) is 0 Å². The predicted octanol–water partition coefficient (Wildman–Crippen LogP) is 2.66. The molecule has 0 spiro atoms. The second-order valence-corrected chi connectivity index (χ2v) is 6.19. The summed E-state index contributed by atoms with van der Waals surface area (Å²) in [7, 11) is 0. The van der Waals surface area contributed by atoms with E-state index in [1.165, 1.54) is 0 Å². The number of nitrogens with zero attached hydrogens (tertiary/aromatic N) is 1. The summed E-state index contributed by atoms with van der Waals surface area (Å²) in [6.07, 6.45) is 0. The van der Waals surface area contributed by atoms with Crippen LogP contribution in [0.2, 0.25) is 0 Å². The third-order valence-corrected chi connectivity index (χ3v) is 3.86. The van der Waals surface area contributed by atoms with Crippen LogP contribution in [0.5, 0.6) is 0 Å². The van der Waals surface area contributed by atoms with Crippen molar-refractivity contribution in [2.24, 2.45) is 0 Å². The average Bonchev–Trinajstić information content (AvgIpc) is 2.39. The maximum absolute atomic E-state index is 12.5. The molecule has 0 aromatic heterocycles. The number of carbonyl (C=O) groups is 1. The Morgan fingerprint density at radius 1 is 1.28 bits per heavy atom. The fourth-order valence-electron chi connectivity index (χ4n) is 1.94. The van der Waals surface area contributed by atoms with Crippen molar-refractivity contribution >= 4 is 17.7 Å². The molecule has 0 N–H and O–H groups in total. The van der Waals surface area contributed by atoms with E-state index in [4.69, 9.17) is 4.74 Å². The van der Waals surface area contributed by atoms with Crippen LogP contribution in [0.25, 0.3) is 0 Å². The number of amides is 1. The van der Waals surface area contributed by atoms with E-state index in [0.29, 0.717) is 31.6 Å². The number of carbonyl (C=O) groups excluding carboxylic acids is 1. The Labute approximate surface area is 113 Å². The maximum Gasteiger partial charge on any atom is 0.255 e. The van der Waals surface area contributed by atoms with E-state index < -0.39 is 0 Å². The number of benzene rings is 1. The van der Waals surface area contributed by atoms with Crippen molar-refractivity contribution < 1.29 is 9.53 Å². The minimum Gasteiger partial charge on any atom is -0.378 e. The summed E-state index contributed by atoms with van der Waals surface area (Å²) in [5.74, 6) is 0.127. The molecule has 1 saturated heterocycles. The topological polar surface area (TPSA) is 29.5 Å². The molecule has 1 heterocycles. The van der Waals surface area contributed by atoms with E-state index in [2.05, 4.69) is 13.8 Å². The molecular formula is C14H19NO2S. The van der Waals surface area contributed by atoms with E-state index in [0.717, 1.165) is 10.5 Å². The first-order chi connectivity index (χ1) is 8.68. The largest absolute Gasteiger partial charge is 0.378 e. The van der Waals surface area contributed by atoms with Crippen LogP contribution in [0.1, 0.15) is 24.2 Å². The smallest absolute Gasteiger partial charge is 0.255 e. The zero-order valence-corrected chi connectivity index (χ0v) is 11.7. The summed E-state index contributed by atoms with van der Waals surface area (Å²) >= 11 is 1.74. The summed E-state index contributed by atoms with van der Waals surface area (Å²) < 4.78 is 5.28. The van der Waals surface area contributed by atoms with Gasteiger partial charge >= 0.3 is 0 Å². The molecule has 0 unspecified atom stereocenters. The summed E-state index contributed by atoms with van der Waals surface area (Å²) in [5.41, 5.74) is 0.818. The highest BCUT2D eigenvalue weighted by Crippen LogP contribution is 2.27. The minimum atomic E-state index is 0.127. The standard InChI is InChI=1S/C14H19NO2S/c1-11(2)18-13-6-4-3-5-12(13)14(16)15-7-9-17-10-8-15/h3-6,11H,7-10H2,1-2H3. The second kappa shape index (κ2) is 6.25. The van der Waals surface area contributed by atoms with Gasteiger partial charge in [-0.1, -0.05) is 26.0 Å². The van der Waals surface area contributed by atoms with Crippen molar-refractivity contribution in [3.05, 3.63) is 29.8 Å². The van der Waals surface area contributed by atoms with Gasteiger partial charge in [-0.15, -0.1) is 11.8 Å². The number of rotatable bonds is 3. The molecule has 4 heteroatoms. The van der Waals surface area contributed by atoms with Crippen molar-refractivity contribution in [1.29, 1.82) is 0 Å². The van der Waals surface area contributed by atoms with Gasteiger partial charge in [-0.05, 0) is 12.1 Å². The molecule has 1 fully saturated rings. The Bertz CT molecular complexity index is 414. The van der Waals surface area contributed by atoms with Crippen LogP contribution in [0, 0.1) is 0 Å². The molecule has 0 aliphatic carbocycles. The lowest BCUT2D eigenvalue weighted by molar-refractivity contribution is 0.0300. The van der Waals surface area contributed by atoms with Gasteiger partial charge in [0.1, 0.15) is 0 Å². The van der Waals surface area contributed by atoms with Crippen molar-refractivity contribution in [3.63, 3.8) is 0 Å². The minimum absolute atomic E-state index is 0.127. The van der Waals surface area contributed by atoms with E-state index in [1.54, 1.807) is 11.8 Å². The number of hydrogen-bond acceptors (Lipinski definition) is 3. The van der Waals surface area contributed by atoms with Gasteiger partial charge in [-0.25, -0.2) is 0 Å². The summed E-state index contributed by atoms with van der Waals surface area (Å²) in [5, 5.41) is 0.476. The first kappa shape index (κ1) is 13.4. The van der Waals surface area contributed by atoms with Crippen LogP contribution in [-0.2, 0) is 4.74 Å². The van der Waals surface area contributed by atoms with Crippen molar-refractivity contribution in [2.75, 3.05) is 26.3 Å². The molecule has 0 atom stereocenters. The number of thioether (sulfide) groups is 1. The molecule has 1 aromatic rings. The molecule has 18 heavy (non-hydrogen) atoms. The highest BCUT2D eigenvalue weighted by Gasteiger charge is 2.21. The Kier molecular flexibility index (Phi) is 4.66. The molecule has 1 aliphatic rings. The van der Waals surface area contributed by atoms with Crippen LogP contribution in [0.15, 0.2) is 29.2 Å². The maximum atomic E-state index is 12.5. The SMILES string of the molecule is CC(C)Sc1ccccc1C(=O)N1CCOCC1. The van der Waals surface area contributed by atoms with Crippen LogP contribution >= 0.6 is 11.8 Å². The summed E-state index contributed by atoms with van der Waals surface area (Å²) in [6.45, 7) is 6.96. The molecule has 2 rings (SSSR count). The fraction of sp³-hybridized carbons (Fsp3) is 0.500. The van der Waals surface area contributed by atoms with Gasteiger partial charge in [0.2, 0.25) is 0 Å².